The highest BCUT2D eigenvalue weighted by atomic mass is 16.5. The maximum atomic E-state index is 12.3. The molecule has 124 valence electrons. The van der Waals surface area contributed by atoms with Crippen molar-refractivity contribution in [1.29, 1.82) is 0 Å². The van der Waals surface area contributed by atoms with Crippen LogP contribution in [0.4, 0.5) is 0 Å². The molecule has 3 rings (SSSR count). The zero-order valence-corrected chi connectivity index (χ0v) is 13.6. The van der Waals surface area contributed by atoms with Gasteiger partial charge < -0.3 is 14.6 Å². The Balaban J connectivity index is 1.63. The molecule has 1 saturated heterocycles. The van der Waals surface area contributed by atoms with Gasteiger partial charge in [0.15, 0.2) is 0 Å². The van der Waals surface area contributed by atoms with E-state index in [0.29, 0.717) is 12.1 Å². The van der Waals surface area contributed by atoms with Crippen molar-refractivity contribution in [2.45, 2.75) is 32.4 Å². The lowest BCUT2D eigenvalue weighted by Gasteiger charge is -2.31. The quantitative estimate of drug-likeness (QED) is 0.907. The molecule has 0 aromatic carbocycles. The Hall–Kier alpha value is -2.15. The van der Waals surface area contributed by atoms with Gasteiger partial charge in [-0.1, -0.05) is 0 Å². The minimum atomic E-state index is -0.0890. The van der Waals surface area contributed by atoms with Crippen LogP contribution in [-0.4, -0.2) is 38.4 Å². The summed E-state index contributed by atoms with van der Waals surface area (Å²) in [5, 5.41) is 7.14. The number of hydrogen-bond acceptors (Lipinski definition) is 4. The Labute approximate surface area is 135 Å². The highest BCUT2D eigenvalue weighted by Crippen LogP contribution is 2.32. The fourth-order valence-corrected chi connectivity index (χ4v) is 2.97. The third-order valence-electron chi connectivity index (χ3n) is 4.30. The largest absolute Gasteiger partial charge is 0.370 e. The van der Waals surface area contributed by atoms with E-state index in [1.807, 2.05) is 24.7 Å². The van der Waals surface area contributed by atoms with Crippen molar-refractivity contribution in [2.75, 3.05) is 13.2 Å². The first-order valence-electron chi connectivity index (χ1n) is 8.08. The van der Waals surface area contributed by atoms with Gasteiger partial charge in [0.25, 0.3) is 5.91 Å². The van der Waals surface area contributed by atoms with Gasteiger partial charge >= 0.3 is 0 Å². The molecule has 7 heteroatoms. The highest BCUT2D eigenvalue weighted by molar-refractivity contribution is 5.93. The molecule has 1 fully saturated rings. The van der Waals surface area contributed by atoms with Gasteiger partial charge in [-0.3, -0.25) is 9.48 Å². The van der Waals surface area contributed by atoms with E-state index in [0.717, 1.165) is 31.8 Å². The van der Waals surface area contributed by atoms with Gasteiger partial charge in [0.05, 0.1) is 11.8 Å². The van der Waals surface area contributed by atoms with Crippen molar-refractivity contribution in [3.8, 4) is 0 Å². The van der Waals surface area contributed by atoms with E-state index in [2.05, 4.69) is 15.4 Å². The number of nitrogens with one attached hydrogen (secondary N) is 1. The average molecular weight is 317 g/mol. The standard InChI is InChI=1S/C16H23N5O2/c1-3-21-11-13(10-19-21)16(22)18-9-12-5-4-8-23-14(12)15-17-6-7-20(15)2/h6-7,10-12,14H,3-5,8-9H2,1-2H3,(H,18,22)/t12-,14+/m0/s1. The summed E-state index contributed by atoms with van der Waals surface area (Å²) in [6.07, 6.45) is 9.03. The number of ether oxygens (including phenoxy) is 1. The second-order valence-electron chi connectivity index (χ2n) is 5.88. The summed E-state index contributed by atoms with van der Waals surface area (Å²) >= 11 is 0. The maximum absolute atomic E-state index is 12.3. The van der Waals surface area contributed by atoms with Crippen LogP contribution >= 0.6 is 0 Å². The van der Waals surface area contributed by atoms with Crippen LogP contribution in [0.2, 0.25) is 0 Å². The number of rotatable bonds is 5. The van der Waals surface area contributed by atoms with Crippen molar-refractivity contribution in [1.82, 2.24) is 24.6 Å². The molecule has 2 atom stereocenters. The Morgan fingerprint density at radius 1 is 1.52 bits per heavy atom. The first-order valence-corrected chi connectivity index (χ1v) is 8.08. The molecule has 0 bridgehead atoms. The fourth-order valence-electron chi connectivity index (χ4n) is 2.97. The molecule has 0 spiro atoms. The van der Waals surface area contributed by atoms with Gasteiger partial charge in [-0.05, 0) is 19.8 Å². The van der Waals surface area contributed by atoms with Crippen LogP contribution in [0.15, 0.2) is 24.8 Å². The lowest BCUT2D eigenvalue weighted by molar-refractivity contribution is -0.0337. The molecule has 2 aromatic rings. The molecule has 23 heavy (non-hydrogen) atoms. The minimum Gasteiger partial charge on any atom is -0.370 e. The van der Waals surface area contributed by atoms with Gasteiger partial charge in [-0.2, -0.15) is 5.10 Å². The number of aromatic nitrogens is 4. The predicted octanol–water partition coefficient (Wildman–Crippen LogP) is 1.53. The number of carbonyl (C=O) groups is 1. The molecule has 2 aromatic heterocycles. The van der Waals surface area contributed by atoms with Gasteiger partial charge in [0.2, 0.25) is 0 Å². The van der Waals surface area contributed by atoms with E-state index in [1.54, 1.807) is 23.3 Å². The van der Waals surface area contributed by atoms with E-state index < -0.39 is 0 Å². The summed E-state index contributed by atoms with van der Waals surface area (Å²) in [5.41, 5.74) is 0.595. The second-order valence-corrected chi connectivity index (χ2v) is 5.88. The molecule has 1 N–H and O–H groups in total. The van der Waals surface area contributed by atoms with Crippen LogP contribution in [0.3, 0.4) is 0 Å². The Morgan fingerprint density at radius 2 is 2.39 bits per heavy atom. The highest BCUT2D eigenvalue weighted by Gasteiger charge is 2.30. The van der Waals surface area contributed by atoms with E-state index in [9.17, 15) is 4.79 Å². The van der Waals surface area contributed by atoms with E-state index in [-0.39, 0.29) is 17.9 Å². The summed E-state index contributed by atoms with van der Waals surface area (Å²) in [4.78, 5) is 16.7. The second kappa shape index (κ2) is 6.95. The van der Waals surface area contributed by atoms with Gasteiger partial charge in [-0.25, -0.2) is 4.98 Å². The van der Waals surface area contributed by atoms with Crippen molar-refractivity contribution in [3.05, 3.63) is 36.2 Å². The third kappa shape index (κ3) is 3.44. The average Bonchev–Trinajstić information content (AvgIpc) is 3.21. The first-order chi connectivity index (χ1) is 11.2. The van der Waals surface area contributed by atoms with Gasteiger partial charge in [0.1, 0.15) is 11.9 Å². The SMILES string of the molecule is CCn1cc(C(=O)NC[C@@H]2CCCO[C@H]2c2nccn2C)cn1. The Kier molecular flexibility index (Phi) is 4.76. The first kappa shape index (κ1) is 15.7. The number of nitrogens with zero attached hydrogens (tertiary/aromatic N) is 4. The zero-order valence-electron chi connectivity index (χ0n) is 13.6. The van der Waals surface area contributed by atoms with Crippen LogP contribution in [-0.2, 0) is 18.3 Å². The zero-order chi connectivity index (χ0) is 16.2. The van der Waals surface area contributed by atoms with Gasteiger partial charge in [-0.15, -0.1) is 0 Å². The van der Waals surface area contributed by atoms with Crippen molar-refractivity contribution >= 4 is 5.91 Å². The molecular weight excluding hydrogens is 294 g/mol. The summed E-state index contributed by atoms with van der Waals surface area (Å²) in [7, 11) is 1.97. The number of imidazole rings is 1. The molecule has 1 aliphatic rings. The summed E-state index contributed by atoms with van der Waals surface area (Å²) in [6.45, 7) is 4.06. The summed E-state index contributed by atoms with van der Waals surface area (Å²) in [6, 6.07) is 0. The summed E-state index contributed by atoms with van der Waals surface area (Å²) in [5.74, 6) is 1.06. The number of amides is 1. The Bertz CT molecular complexity index is 663. The van der Waals surface area contributed by atoms with Crippen LogP contribution in [0.5, 0.6) is 0 Å². The number of aryl methyl sites for hydroxylation is 2. The molecular formula is C16H23N5O2. The maximum Gasteiger partial charge on any atom is 0.254 e. The number of carbonyl (C=O) groups excluding carboxylic acids is 1. The lowest BCUT2D eigenvalue weighted by Crippen LogP contribution is -2.35. The molecule has 0 saturated carbocycles. The van der Waals surface area contributed by atoms with Crippen molar-refractivity contribution < 1.29 is 9.53 Å². The topological polar surface area (TPSA) is 74.0 Å². The monoisotopic (exact) mass is 317 g/mol. The van der Waals surface area contributed by atoms with Crippen LogP contribution in [0.25, 0.3) is 0 Å². The number of hydrogen-bond donors (Lipinski definition) is 1. The normalized spacial score (nSPS) is 21.3. The molecule has 7 nitrogen and oxygen atoms in total. The fraction of sp³-hybridized carbons (Fsp3) is 0.562. The Morgan fingerprint density at radius 3 is 3.09 bits per heavy atom. The smallest absolute Gasteiger partial charge is 0.254 e. The molecule has 0 unspecified atom stereocenters. The van der Waals surface area contributed by atoms with Crippen molar-refractivity contribution in [3.63, 3.8) is 0 Å². The van der Waals surface area contributed by atoms with Crippen LogP contribution in [0, 0.1) is 5.92 Å². The van der Waals surface area contributed by atoms with Crippen molar-refractivity contribution in [2.24, 2.45) is 13.0 Å². The van der Waals surface area contributed by atoms with Gasteiger partial charge in [0, 0.05) is 51.3 Å². The minimum absolute atomic E-state index is 0.0672. The molecule has 1 aliphatic heterocycles. The van der Waals surface area contributed by atoms with E-state index in [1.165, 1.54) is 0 Å². The molecule has 1 amide bonds. The van der Waals surface area contributed by atoms with E-state index >= 15 is 0 Å². The van der Waals surface area contributed by atoms with Crippen LogP contribution < -0.4 is 5.32 Å². The van der Waals surface area contributed by atoms with Crippen LogP contribution in [0.1, 0.15) is 42.1 Å². The summed E-state index contributed by atoms with van der Waals surface area (Å²) < 4.78 is 9.65. The molecule has 0 radical (unpaired) electrons. The lowest BCUT2D eigenvalue weighted by atomic mass is 9.93. The van der Waals surface area contributed by atoms with E-state index in [4.69, 9.17) is 4.74 Å². The molecule has 3 heterocycles. The predicted molar refractivity (Wildman–Crippen MR) is 84.9 cm³/mol. The molecule has 0 aliphatic carbocycles. The third-order valence-corrected chi connectivity index (χ3v) is 4.30.